The first-order valence-electron chi connectivity index (χ1n) is 6.34. The van der Waals surface area contributed by atoms with Crippen LogP contribution in [-0.4, -0.2) is 17.6 Å². The van der Waals surface area contributed by atoms with Crippen molar-refractivity contribution < 1.29 is 8.42 Å². The second-order valence-electron chi connectivity index (χ2n) is 4.41. The summed E-state index contributed by atoms with van der Waals surface area (Å²) >= 11 is 7.37. The van der Waals surface area contributed by atoms with Gasteiger partial charge in [-0.15, -0.1) is 11.3 Å². The fraction of sp³-hybridized carbons (Fsp3) is 0. The molecule has 3 aromatic rings. The minimum absolute atomic E-state index is 0.145. The highest BCUT2D eigenvalue weighted by atomic mass is 35.5. The molecule has 112 valence electrons. The van der Waals surface area contributed by atoms with Crippen molar-refractivity contribution in [3.8, 4) is 0 Å². The zero-order valence-corrected chi connectivity index (χ0v) is 13.6. The average molecular weight is 351 g/mol. The summed E-state index contributed by atoms with van der Waals surface area (Å²) in [6, 6.07) is 11.6. The van der Waals surface area contributed by atoms with Crippen LogP contribution in [0.2, 0.25) is 5.02 Å². The third kappa shape index (κ3) is 2.99. The fourth-order valence-electron chi connectivity index (χ4n) is 1.88. The van der Waals surface area contributed by atoms with Crippen molar-refractivity contribution in [3.05, 3.63) is 69.6 Å². The van der Waals surface area contributed by atoms with Gasteiger partial charge in [0.05, 0.1) is 16.8 Å². The topological polar surface area (TPSA) is 52.0 Å². The molecular weight excluding hydrogens is 340 g/mol. The van der Waals surface area contributed by atoms with Gasteiger partial charge < -0.3 is 0 Å². The Hall–Kier alpha value is -1.89. The standard InChI is InChI=1S/C15H11ClN2O2S2/c16-12-3-7-15(8-4-12)22(19,20)18-13(9-10-17-18)5-6-14-2-1-11-21-14/h1-11H/b6-5+. The molecule has 0 fully saturated rings. The van der Waals surface area contributed by atoms with Crippen LogP contribution in [0.5, 0.6) is 0 Å². The zero-order chi connectivity index (χ0) is 15.6. The summed E-state index contributed by atoms with van der Waals surface area (Å²) < 4.78 is 26.2. The Morgan fingerprint density at radius 1 is 1.09 bits per heavy atom. The molecule has 0 radical (unpaired) electrons. The van der Waals surface area contributed by atoms with Crippen LogP contribution in [0.1, 0.15) is 10.6 Å². The molecule has 3 rings (SSSR count). The van der Waals surface area contributed by atoms with Crippen molar-refractivity contribution in [1.82, 2.24) is 9.19 Å². The molecule has 1 aromatic carbocycles. The molecule has 0 aliphatic carbocycles. The second kappa shape index (κ2) is 6.08. The van der Waals surface area contributed by atoms with E-state index in [-0.39, 0.29) is 4.90 Å². The van der Waals surface area contributed by atoms with Gasteiger partial charge in [0.25, 0.3) is 10.0 Å². The molecule has 0 N–H and O–H groups in total. The highest BCUT2D eigenvalue weighted by Gasteiger charge is 2.19. The monoisotopic (exact) mass is 350 g/mol. The van der Waals surface area contributed by atoms with Gasteiger partial charge in [0.2, 0.25) is 0 Å². The van der Waals surface area contributed by atoms with Crippen LogP contribution >= 0.6 is 22.9 Å². The van der Waals surface area contributed by atoms with Gasteiger partial charge in [0, 0.05) is 9.90 Å². The normalized spacial score (nSPS) is 12.0. The Labute approximate surface area is 137 Å². The van der Waals surface area contributed by atoms with E-state index in [1.807, 2.05) is 23.6 Å². The molecule has 0 bridgehead atoms. The quantitative estimate of drug-likeness (QED) is 0.714. The molecule has 0 spiro atoms. The lowest BCUT2D eigenvalue weighted by atomic mass is 10.3. The van der Waals surface area contributed by atoms with E-state index in [1.165, 1.54) is 18.3 Å². The van der Waals surface area contributed by atoms with E-state index in [1.54, 1.807) is 35.6 Å². The van der Waals surface area contributed by atoms with Crippen molar-refractivity contribution in [3.63, 3.8) is 0 Å². The molecule has 0 saturated carbocycles. The Kier molecular flexibility index (Phi) is 4.15. The van der Waals surface area contributed by atoms with Gasteiger partial charge in [-0.3, -0.25) is 0 Å². The smallest absolute Gasteiger partial charge is 0.199 e. The number of benzene rings is 1. The molecule has 0 atom stereocenters. The lowest BCUT2D eigenvalue weighted by Gasteiger charge is -2.06. The van der Waals surface area contributed by atoms with Crippen molar-refractivity contribution in [1.29, 1.82) is 0 Å². The molecule has 22 heavy (non-hydrogen) atoms. The van der Waals surface area contributed by atoms with Gasteiger partial charge in [-0.05, 0) is 53.9 Å². The van der Waals surface area contributed by atoms with E-state index in [0.717, 1.165) is 8.96 Å². The van der Waals surface area contributed by atoms with Crippen molar-refractivity contribution in [2.45, 2.75) is 4.90 Å². The molecule has 2 aromatic heterocycles. The number of hydrogen-bond donors (Lipinski definition) is 0. The van der Waals surface area contributed by atoms with E-state index in [4.69, 9.17) is 11.6 Å². The summed E-state index contributed by atoms with van der Waals surface area (Å²) in [7, 11) is -3.74. The summed E-state index contributed by atoms with van der Waals surface area (Å²) in [5.74, 6) is 0. The molecule has 0 aliphatic rings. The maximum absolute atomic E-state index is 12.6. The Morgan fingerprint density at radius 2 is 1.86 bits per heavy atom. The van der Waals surface area contributed by atoms with Gasteiger partial charge in [-0.1, -0.05) is 17.7 Å². The zero-order valence-electron chi connectivity index (χ0n) is 11.3. The predicted molar refractivity (Wildman–Crippen MR) is 89.5 cm³/mol. The van der Waals surface area contributed by atoms with Crippen LogP contribution in [0.25, 0.3) is 12.2 Å². The number of nitrogens with zero attached hydrogens (tertiary/aromatic N) is 2. The highest BCUT2D eigenvalue weighted by molar-refractivity contribution is 7.89. The first-order valence-corrected chi connectivity index (χ1v) is 9.04. The average Bonchev–Trinajstić information content (AvgIpc) is 3.17. The maximum Gasteiger partial charge on any atom is 0.283 e. The number of rotatable bonds is 4. The van der Waals surface area contributed by atoms with Crippen LogP contribution in [-0.2, 0) is 10.0 Å². The van der Waals surface area contributed by atoms with Crippen LogP contribution in [0.4, 0.5) is 0 Å². The van der Waals surface area contributed by atoms with Gasteiger partial charge in [-0.2, -0.15) is 17.6 Å². The molecular formula is C15H11ClN2O2S2. The SMILES string of the molecule is O=S(=O)(c1ccc(Cl)cc1)n1nccc1/C=C/c1cccs1. The number of halogens is 1. The lowest BCUT2D eigenvalue weighted by Crippen LogP contribution is -2.15. The minimum atomic E-state index is -3.74. The van der Waals surface area contributed by atoms with E-state index in [9.17, 15) is 8.42 Å². The van der Waals surface area contributed by atoms with Crippen molar-refractivity contribution in [2.75, 3.05) is 0 Å². The first-order chi connectivity index (χ1) is 10.6. The fourth-order valence-corrected chi connectivity index (χ4v) is 3.88. The second-order valence-corrected chi connectivity index (χ2v) is 7.59. The van der Waals surface area contributed by atoms with Crippen LogP contribution < -0.4 is 0 Å². The van der Waals surface area contributed by atoms with Crippen LogP contribution in [0.3, 0.4) is 0 Å². The third-order valence-corrected chi connectivity index (χ3v) is 5.66. The van der Waals surface area contributed by atoms with E-state index in [2.05, 4.69) is 5.10 Å². The molecule has 7 heteroatoms. The maximum atomic E-state index is 12.6. The van der Waals surface area contributed by atoms with Gasteiger partial charge in [0.15, 0.2) is 0 Å². The van der Waals surface area contributed by atoms with E-state index >= 15 is 0 Å². The Bertz CT molecular complexity index is 895. The van der Waals surface area contributed by atoms with Crippen LogP contribution in [0.15, 0.2) is 58.9 Å². The van der Waals surface area contributed by atoms with Gasteiger partial charge in [-0.25, -0.2) is 0 Å². The number of hydrogen-bond acceptors (Lipinski definition) is 4. The minimum Gasteiger partial charge on any atom is -0.199 e. The summed E-state index contributed by atoms with van der Waals surface area (Å²) in [6.07, 6.45) is 5.05. The summed E-state index contributed by atoms with van der Waals surface area (Å²) in [6.45, 7) is 0. The van der Waals surface area contributed by atoms with E-state index in [0.29, 0.717) is 10.7 Å². The van der Waals surface area contributed by atoms with Gasteiger partial charge in [0.1, 0.15) is 0 Å². The molecule has 0 saturated heterocycles. The molecule has 0 aliphatic heterocycles. The number of thiophene rings is 1. The highest BCUT2D eigenvalue weighted by Crippen LogP contribution is 2.19. The van der Waals surface area contributed by atoms with Crippen LogP contribution in [0, 0.1) is 0 Å². The Morgan fingerprint density at radius 3 is 2.55 bits per heavy atom. The predicted octanol–water partition coefficient (Wildman–Crippen LogP) is 4.01. The lowest BCUT2D eigenvalue weighted by molar-refractivity contribution is 0.579. The van der Waals surface area contributed by atoms with Crippen molar-refractivity contribution in [2.24, 2.45) is 0 Å². The van der Waals surface area contributed by atoms with Crippen molar-refractivity contribution >= 4 is 45.1 Å². The largest absolute Gasteiger partial charge is 0.283 e. The summed E-state index contributed by atoms with van der Waals surface area (Å²) in [5, 5.41) is 6.38. The molecule has 0 amide bonds. The molecule has 4 nitrogen and oxygen atoms in total. The summed E-state index contributed by atoms with van der Waals surface area (Å²) in [5.41, 5.74) is 0.489. The Balaban J connectivity index is 1.99. The number of aromatic nitrogens is 2. The third-order valence-electron chi connectivity index (χ3n) is 2.94. The first kappa shape index (κ1) is 15.0. The molecule has 0 unspecified atom stereocenters. The summed E-state index contributed by atoms with van der Waals surface area (Å²) in [4.78, 5) is 1.18. The molecule has 2 heterocycles. The van der Waals surface area contributed by atoms with Gasteiger partial charge >= 0.3 is 0 Å². The van der Waals surface area contributed by atoms with E-state index < -0.39 is 10.0 Å².